The third-order valence-electron chi connectivity index (χ3n) is 3.48. The van der Waals surface area contributed by atoms with Gasteiger partial charge >= 0.3 is 12.1 Å². The predicted octanol–water partition coefficient (Wildman–Crippen LogP) is 2.73. The van der Waals surface area contributed by atoms with Crippen LogP contribution in [0.5, 0.6) is 0 Å². The first-order valence-corrected chi connectivity index (χ1v) is 7.73. The first-order valence-electron chi connectivity index (χ1n) is 7.73. The van der Waals surface area contributed by atoms with E-state index in [2.05, 4.69) is 10.1 Å². The molecule has 6 heteroatoms. The van der Waals surface area contributed by atoms with Crippen molar-refractivity contribution in [2.24, 2.45) is 0 Å². The highest BCUT2D eigenvalue weighted by atomic mass is 16.5. The van der Waals surface area contributed by atoms with Gasteiger partial charge in [0.1, 0.15) is 12.6 Å². The number of carbonyl (C=O) groups is 3. The predicted molar refractivity (Wildman–Crippen MR) is 91.0 cm³/mol. The van der Waals surface area contributed by atoms with E-state index in [0.717, 1.165) is 5.56 Å². The largest absolute Gasteiger partial charge is 0.469 e. The molecule has 0 aliphatic rings. The summed E-state index contributed by atoms with van der Waals surface area (Å²) in [5.74, 6) is -0.986. The number of ether oxygens (including phenoxy) is 2. The molecule has 1 N–H and O–H groups in total. The topological polar surface area (TPSA) is 81.7 Å². The van der Waals surface area contributed by atoms with Gasteiger partial charge in [0.15, 0.2) is 5.78 Å². The van der Waals surface area contributed by atoms with E-state index in [4.69, 9.17) is 4.74 Å². The Kier molecular flexibility index (Phi) is 6.71. The second-order valence-corrected chi connectivity index (χ2v) is 5.27. The summed E-state index contributed by atoms with van der Waals surface area (Å²) in [6.45, 7) is 0.0666. The van der Waals surface area contributed by atoms with Crippen molar-refractivity contribution >= 4 is 17.8 Å². The Morgan fingerprint density at radius 1 is 0.960 bits per heavy atom. The monoisotopic (exact) mass is 341 g/mol. The first-order chi connectivity index (χ1) is 12.1. The fraction of sp³-hybridized carbons (Fsp3) is 0.211. The molecule has 2 aromatic rings. The SMILES string of the molecule is COC(=O)C[C@H](NC(=O)OCc1ccccc1)C(=O)c1ccccc1. The van der Waals surface area contributed by atoms with Crippen molar-refractivity contribution in [3.63, 3.8) is 0 Å². The zero-order valence-electron chi connectivity index (χ0n) is 13.8. The van der Waals surface area contributed by atoms with Gasteiger partial charge in [-0.05, 0) is 5.56 Å². The van der Waals surface area contributed by atoms with Crippen molar-refractivity contribution in [2.75, 3.05) is 7.11 Å². The smallest absolute Gasteiger partial charge is 0.408 e. The number of hydrogen-bond donors (Lipinski definition) is 1. The van der Waals surface area contributed by atoms with E-state index in [1.807, 2.05) is 30.3 Å². The van der Waals surface area contributed by atoms with Crippen LogP contribution in [-0.4, -0.2) is 31.0 Å². The molecule has 1 amide bonds. The van der Waals surface area contributed by atoms with Crippen LogP contribution in [-0.2, 0) is 20.9 Å². The average Bonchev–Trinajstić information content (AvgIpc) is 2.66. The number of esters is 1. The van der Waals surface area contributed by atoms with Crippen LogP contribution < -0.4 is 5.32 Å². The van der Waals surface area contributed by atoms with Crippen LogP contribution in [0.1, 0.15) is 22.3 Å². The molecule has 0 aromatic heterocycles. The van der Waals surface area contributed by atoms with Crippen LogP contribution in [0.15, 0.2) is 60.7 Å². The lowest BCUT2D eigenvalue weighted by Gasteiger charge is -2.16. The van der Waals surface area contributed by atoms with Gasteiger partial charge in [-0.3, -0.25) is 9.59 Å². The zero-order valence-corrected chi connectivity index (χ0v) is 13.8. The molecule has 0 bridgehead atoms. The maximum atomic E-state index is 12.5. The Morgan fingerprint density at radius 2 is 1.56 bits per heavy atom. The van der Waals surface area contributed by atoms with Crippen LogP contribution in [0.25, 0.3) is 0 Å². The van der Waals surface area contributed by atoms with E-state index in [9.17, 15) is 14.4 Å². The number of Topliss-reactive ketones (excluding diaryl/α,β-unsaturated/α-hetero) is 1. The molecule has 25 heavy (non-hydrogen) atoms. The van der Waals surface area contributed by atoms with Crippen molar-refractivity contribution in [3.8, 4) is 0 Å². The molecule has 0 radical (unpaired) electrons. The summed E-state index contributed by atoms with van der Waals surface area (Å²) in [5, 5.41) is 2.44. The van der Waals surface area contributed by atoms with Crippen molar-refractivity contribution in [2.45, 2.75) is 19.1 Å². The van der Waals surface area contributed by atoms with E-state index < -0.39 is 18.1 Å². The Morgan fingerprint density at radius 3 is 2.16 bits per heavy atom. The van der Waals surface area contributed by atoms with Gasteiger partial charge in [0.25, 0.3) is 0 Å². The summed E-state index contributed by atoms with van der Waals surface area (Å²) in [6.07, 6.45) is -1.05. The van der Waals surface area contributed by atoms with Crippen molar-refractivity contribution in [3.05, 3.63) is 71.8 Å². The van der Waals surface area contributed by atoms with Crippen molar-refractivity contribution in [1.82, 2.24) is 5.32 Å². The lowest BCUT2D eigenvalue weighted by molar-refractivity contribution is -0.140. The van der Waals surface area contributed by atoms with Crippen LogP contribution in [0.3, 0.4) is 0 Å². The van der Waals surface area contributed by atoms with Crippen LogP contribution >= 0.6 is 0 Å². The van der Waals surface area contributed by atoms with Crippen LogP contribution in [0, 0.1) is 0 Å². The van der Waals surface area contributed by atoms with E-state index in [0.29, 0.717) is 5.56 Å². The number of carbonyl (C=O) groups excluding carboxylic acids is 3. The van der Waals surface area contributed by atoms with Crippen molar-refractivity contribution < 1.29 is 23.9 Å². The van der Waals surface area contributed by atoms with Gasteiger partial charge in [0.2, 0.25) is 0 Å². The Labute approximate surface area is 145 Å². The molecule has 0 spiro atoms. The summed E-state index contributed by atoms with van der Waals surface area (Å²) < 4.78 is 9.70. The normalized spacial score (nSPS) is 11.2. The zero-order chi connectivity index (χ0) is 18.1. The first kappa shape index (κ1) is 18.2. The minimum absolute atomic E-state index is 0.0666. The Balaban J connectivity index is 2.01. The highest BCUT2D eigenvalue weighted by Crippen LogP contribution is 2.08. The van der Waals surface area contributed by atoms with E-state index in [1.165, 1.54) is 7.11 Å². The molecule has 0 fully saturated rings. The van der Waals surface area contributed by atoms with E-state index in [-0.39, 0.29) is 18.8 Å². The van der Waals surface area contributed by atoms with Gasteiger partial charge in [-0.2, -0.15) is 0 Å². The maximum Gasteiger partial charge on any atom is 0.408 e. The van der Waals surface area contributed by atoms with Gasteiger partial charge < -0.3 is 14.8 Å². The molecule has 2 aromatic carbocycles. The molecule has 6 nitrogen and oxygen atoms in total. The summed E-state index contributed by atoms with van der Waals surface area (Å²) >= 11 is 0. The summed E-state index contributed by atoms with van der Waals surface area (Å²) in [5.41, 5.74) is 1.20. The number of ketones is 1. The molecule has 0 aliphatic heterocycles. The molecular formula is C19H19NO5. The van der Waals surface area contributed by atoms with Gasteiger partial charge in [0.05, 0.1) is 13.5 Å². The second kappa shape index (κ2) is 9.22. The summed E-state index contributed by atoms with van der Waals surface area (Å²) in [6, 6.07) is 16.5. The highest BCUT2D eigenvalue weighted by Gasteiger charge is 2.26. The lowest BCUT2D eigenvalue weighted by atomic mass is 10.0. The molecular weight excluding hydrogens is 322 g/mol. The number of rotatable bonds is 7. The number of methoxy groups -OCH3 is 1. The van der Waals surface area contributed by atoms with E-state index >= 15 is 0 Å². The minimum Gasteiger partial charge on any atom is -0.469 e. The molecule has 0 aliphatic carbocycles. The van der Waals surface area contributed by atoms with Crippen molar-refractivity contribution in [1.29, 1.82) is 0 Å². The van der Waals surface area contributed by atoms with E-state index in [1.54, 1.807) is 30.3 Å². The summed E-state index contributed by atoms with van der Waals surface area (Å²) in [7, 11) is 1.22. The average molecular weight is 341 g/mol. The molecule has 0 unspecified atom stereocenters. The lowest BCUT2D eigenvalue weighted by Crippen LogP contribution is -2.42. The maximum absolute atomic E-state index is 12.5. The molecule has 2 rings (SSSR count). The number of hydrogen-bond acceptors (Lipinski definition) is 5. The molecule has 0 heterocycles. The third kappa shape index (κ3) is 5.76. The standard InChI is InChI=1S/C19H19NO5/c1-24-17(21)12-16(18(22)15-10-6-3-7-11-15)20-19(23)25-13-14-8-4-2-5-9-14/h2-11,16H,12-13H2,1H3,(H,20,23)/t16-/m0/s1. The van der Waals surface area contributed by atoms with Gasteiger partial charge in [-0.25, -0.2) is 4.79 Å². The number of alkyl carbamates (subject to hydrolysis) is 1. The van der Waals surface area contributed by atoms with Gasteiger partial charge in [-0.15, -0.1) is 0 Å². The minimum atomic E-state index is -1.06. The summed E-state index contributed by atoms with van der Waals surface area (Å²) in [4.78, 5) is 36.1. The molecule has 1 atom stereocenters. The fourth-order valence-electron chi connectivity index (χ4n) is 2.17. The second-order valence-electron chi connectivity index (χ2n) is 5.27. The third-order valence-corrected chi connectivity index (χ3v) is 3.48. The Hall–Kier alpha value is -3.15. The Bertz CT molecular complexity index is 715. The number of nitrogens with one attached hydrogen (secondary N) is 1. The van der Waals surface area contributed by atoms with Gasteiger partial charge in [0, 0.05) is 5.56 Å². The molecule has 0 saturated heterocycles. The quantitative estimate of drug-likeness (QED) is 0.618. The molecule has 130 valence electrons. The molecule has 0 saturated carbocycles. The number of amides is 1. The fourth-order valence-corrected chi connectivity index (χ4v) is 2.17. The van der Waals surface area contributed by atoms with Gasteiger partial charge in [-0.1, -0.05) is 60.7 Å². The van der Waals surface area contributed by atoms with Crippen LogP contribution in [0.2, 0.25) is 0 Å². The van der Waals surface area contributed by atoms with Crippen LogP contribution in [0.4, 0.5) is 4.79 Å². The highest BCUT2D eigenvalue weighted by molar-refractivity contribution is 6.03. The number of benzene rings is 2.